The van der Waals surface area contributed by atoms with Gasteiger partial charge in [-0.25, -0.2) is 4.79 Å². The van der Waals surface area contributed by atoms with Crippen LogP contribution in [-0.2, 0) is 21.0 Å². The van der Waals surface area contributed by atoms with Crippen molar-refractivity contribution in [3.63, 3.8) is 0 Å². The van der Waals surface area contributed by atoms with Crippen molar-refractivity contribution < 1.29 is 23.6 Å². The van der Waals surface area contributed by atoms with Crippen LogP contribution >= 0.6 is 0 Å². The maximum Gasteiger partial charge on any atom is 0.432 e. The van der Waals surface area contributed by atoms with Crippen LogP contribution in [0.2, 0.25) is 0 Å². The molecule has 1 N–H and O–H groups in total. The van der Waals surface area contributed by atoms with Crippen LogP contribution in [0, 0.1) is 0 Å². The number of furan rings is 1. The number of hydroxylamine groups is 2. The maximum atomic E-state index is 11.3. The SMILES string of the molecule is O=C(NCc1ccco1)ON1C(=O)CCC1=O. The molecule has 0 spiro atoms. The maximum absolute atomic E-state index is 11.3. The molecule has 0 aliphatic carbocycles. The van der Waals surface area contributed by atoms with E-state index in [0.29, 0.717) is 10.8 Å². The van der Waals surface area contributed by atoms with Gasteiger partial charge in [0, 0.05) is 12.8 Å². The Balaban J connectivity index is 1.81. The molecule has 1 aliphatic rings. The van der Waals surface area contributed by atoms with Crippen LogP contribution in [0.3, 0.4) is 0 Å². The zero-order valence-electron chi connectivity index (χ0n) is 8.84. The van der Waals surface area contributed by atoms with E-state index in [0.717, 1.165) is 0 Å². The van der Waals surface area contributed by atoms with Crippen molar-refractivity contribution in [2.45, 2.75) is 19.4 Å². The molecule has 0 radical (unpaired) electrons. The summed E-state index contributed by atoms with van der Waals surface area (Å²) in [4.78, 5) is 38.1. The lowest BCUT2D eigenvalue weighted by molar-refractivity contribution is -0.171. The Morgan fingerprint density at radius 1 is 1.41 bits per heavy atom. The lowest BCUT2D eigenvalue weighted by Crippen LogP contribution is -2.36. The lowest BCUT2D eigenvalue weighted by Gasteiger charge is -2.12. The van der Waals surface area contributed by atoms with E-state index in [1.165, 1.54) is 6.26 Å². The third kappa shape index (κ3) is 2.63. The molecule has 3 amide bonds. The third-order valence-electron chi connectivity index (χ3n) is 2.17. The highest BCUT2D eigenvalue weighted by molar-refractivity contribution is 6.01. The van der Waals surface area contributed by atoms with E-state index in [9.17, 15) is 14.4 Å². The molecule has 1 aromatic rings. The number of nitrogens with one attached hydrogen (secondary N) is 1. The van der Waals surface area contributed by atoms with Gasteiger partial charge < -0.3 is 14.6 Å². The van der Waals surface area contributed by atoms with E-state index in [-0.39, 0.29) is 19.4 Å². The molecule has 0 aromatic carbocycles. The molecule has 0 unspecified atom stereocenters. The predicted molar refractivity (Wildman–Crippen MR) is 53.1 cm³/mol. The highest BCUT2D eigenvalue weighted by Crippen LogP contribution is 2.11. The predicted octanol–water partition coefficient (Wildman–Crippen LogP) is 0.570. The van der Waals surface area contributed by atoms with E-state index < -0.39 is 17.9 Å². The number of nitrogens with zero attached hydrogens (tertiary/aromatic N) is 1. The zero-order valence-corrected chi connectivity index (χ0v) is 8.84. The summed E-state index contributed by atoms with van der Waals surface area (Å²) in [6.45, 7) is 0.127. The fourth-order valence-corrected chi connectivity index (χ4v) is 1.35. The standard InChI is InChI=1S/C10H10N2O5/c13-8-3-4-9(14)12(8)17-10(15)11-6-7-2-1-5-16-7/h1-2,5H,3-4,6H2,(H,11,15). The van der Waals surface area contributed by atoms with Crippen molar-refractivity contribution in [1.82, 2.24) is 10.4 Å². The van der Waals surface area contributed by atoms with Crippen LogP contribution in [0.4, 0.5) is 4.79 Å². The second kappa shape index (κ2) is 4.69. The van der Waals surface area contributed by atoms with Crippen molar-refractivity contribution >= 4 is 17.9 Å². The highest BCUT2D eigenvalue weighted by atomic mass is 16.7. The first-order chi connectivity index (χ1) is 8.16. The number of amides is 3. The summed E-state index contributed by atoms with van der Waals surface area (Å²) in [5.41, 5.74) is 0. The fourth-order valence-electron chi connectivity index (χ4n) is 1.35. The first-order valence-corrected chi connectivity index (χ1v) is 5.01. The summed E-state index contributed by atoms with van der Waals surface area (Å²) in [7, 11) is 0. The van der Waals surface area contributed by atoms with Crippen LogP contribution in [0.15, 0.2) is 22.8 Å². The first kappa shape index (κ1) is 11.2. The molecule has 1 aromatic heterocycles. The highest BCUT2D eigenvalue weighted by Gasteiger charge is 2.32. The quantitative estimate of drug-likeness (QED) is 0.777. The number of hydrogen-bond donors (Lipinski definition) is 1. The molecule has 0 atom stereocenters. The normalized spacial score (nSPS) is 15.2. The Kier molecular flexibility index (Phi) is 3.08. The summed E-state index contributed by atoms with van der Waals surface area (Å²) in [6.07, 6.45) is 0.745. The minimum Gasteiger partial charge on any atom is -0.467 e. The summed E-state index contributed by atoms with van der Waals surface area (Å²) in [5, 5.41) is 2.84. The van der Waals surface area contributed by atoms with Gasteiger partial charge in [-0.15, -0.1) is 5.06 Å². The van der Waals surface area contributed by atoms with Crippen molar-refractivity contribution in [2.24, 2.45) is 0 Å². The molecule has 17 heavy (non-hydrogen) atoms. The average molecular weight is 238 g/mol. The Bertz CT molecular complexity index is 424. The average Bonchev–Trinajstić information content (AvgIpc) is 2.91. The van der Waals surface area contributed by atoms with Gasteiger partial charge in [0.25, 0.3) is 11.8 Å². The van der Waals surface area contributed by atoms with Crippen LogP contribution in [0.1, 0.15) is 18.6 Å². The van der Waals surface area contributed by atoms with Gasteiger partial charge >= 0.3 is 6.09 Å². The Morgan fingerprint density at radius 2 is 2.12 bits per heavy atom. The molecule has 90 valence electrons. The Labute approximate surface area is 96.3 Å². The van der Waals surface area contributed by atoms with Crippen LogP contribution in [-0.4, -0.2) is 23.0 Å². The Hall–Kier alpha value is -2.31. The van der Waals surface area contributed by atoms with Crippen LogP contribution in [0.5, 0.6) is 0 Å². The van der Waals surface area contributed by atoms with Crippen molar-refractivity contribution in [2.75, 3.05) is 0 Å². The zero-order chi connectivity index (χ0) is 12.3. The summed E-state index contributed by atoms with van der Waals surface area (Å²) < 4.78 is 4.98. The number of carbonyl (C=O) groups is 3. The molecular weight excluding hydrogens is 228 g/mol. The van der Waals surface area contributed by atoms with E-state index in [4.69, 9.17) is 4.42 Å². The molecule has 7 heteroatoms. The van der Waals surface area contributed by atoms with Gasteiger partial charge in [-0.2, -0.15) is 0 Å². The van der Waals surface area contributed by atoms with Gasteiger partial charge in [-0.05, 0) is 12.1 Å². The van der Waals surface area contributed by atoms with Crippen molar-refractivity contribution in [1.29, 1.82) is 0 Å². The number of rotatable bonds is 3. The summed E-state index contributed by atoms with van der Waals surface area (Å²) >= 11 is 0. The molecule has 0 bridgehead atoms. The van der Waals surface area contributed by atoms with Crippen LogP contribution in [0.25, 0.3) is 0 Å². The molecule has 2 heterocycles. The number of hydrogen-bond acceptors (Lipinski definition) is 5. The third-order valence-corrected chi connectivity index (χ3v) is 2.17. The lowest BCUT2D eigenvalue weighted by atomic mass is 10.4. The van der Waals surface area contributed by atoms with Gasteiger partial charge in [-0.1, -0.05) is 0 Å². The second-order valence-electron chi connectivity index (χ2n) is 3.39. The van der Waals surface area contributed by atoms with Gasteiger partial charge in [0.05, 0.1) is 12.8 Å². The second-order valence-corrected chi connectivity index (χ2v) is 3.39. The molecule has 1 saturated heterocycles. The molecule has 1 fully saturated rings. The van der Waals surface area contributed by atoms with E-state index in [1.807, 2.05) is 0 Å². The first-order valence-electron chi connectivity index (χ1n) is 5.01. The fraction of sp³-hybridized carbons (Fsp3) is 0.300. The van der Waals surface area contributed by atoms with E-state index >= 15 is 0 Å². The van der Waals surface area contributed by atoms with Crippen LogP contribution < -0.4 is 5.32 Å². The van der Waals surface area contributed by atoms with E-state index in [2.05, 4.69) is 10.2 Å². The summed E-state index contributed by atoms with van der Waals surface area (Å²) in [6, 6.07) is 3.35. The van der Waals surface area contributed by atoms with Gasteiger partial charge in [0.2, 0.25) is 0 Å². The van der Waals surface area contributed by atoms with Gasteiger partial charge in [0.15, 0.2) is 0 Å². The number of carbonyl (C=O) groups excluding carboxylic acids is 3. The smallest absolute Gasteiger partial charge is 0.432 e. The van der Waals surface area contributed by atoms with Crippen molar-refractivity contribution in [3.8, 4) is 0 Å². The summed E-state index contributed by atoms with van der Waals surface area (Å²) in [5.74, 6) is -0.479. The topological polar surface area (TPSA) is 88.8 Å². The molecule has 7 nitrogen and oxygen atoms in total. The minimum atomic E-state index is -0.870. The molecule has 2 rings (SSSR count). The Morgan fingerprint density at radius 3 is 2.71 bits per heavy atom. The van der Waals surface area contributed by atoms with E-state index in [1.54, 1.807) is 12.1 Å². The van der Waals surface area contributed by atoms with Gasteiger partial charge in [-0.3, -0.25) is 9.59 Å². The monoisotopic (exact) mass is 238 g/mol. The molecule has 0 saturated carbocycles. The van der Waals surface area contributed by atoms with Crippen molar-refractivity contribution in [3.05, 3.63) is 24.2 Å². The van der Waals surface area contributed by atoms with Gasteiger partial charge in [0.1, 0.15) is 5.76 Å². The molecule has 1 aliphatic heterocycles. The minimum absolute atomic E-state index is 0.0737. The molecular formula is C10H10N2O5. The largest absolute Gasteiger partial charge is 0.467 e. The number of imide groups is 1.